The molecule has 15 atom stereocenters. The lowest BCUT2D eigenvalue weighted by molar-refractivity contribution is -0.331. The third-order valence-corrected chi connectivity index (χ3v) is 15.0. The van der Waals surface area contributed by atoms with Crippen molar-refractivity contribution in [3.63, 3.8) is 0 Å². The van der Waals surface area contributed by atoms with Gasteiger partial charge in [-0.1, -0.05) is 58.9 Å². The maximum Gasteiger partial charge on any atom is 0.186 e. The summed E-state index contributed by atoms with van der Waals surface area (Å²) in [5.74, 6) is 1.75. The van der Waals surface area contributed by atoms with Crippen LogP contribution in [0, 0.1) is 45.3 Å². The number of aliphatic hydroxyl groups excluding tert-OH is 4. The van der Waals surface area contributed by atoms with Crippen LogP contribution in [-0.2, 0) is 23.7 Å². The quantitative estimate of drug-likeness (QED) is 0.259. The van der Waals surface area contributed by atoms with Crippen molar-refractivity contribution in [3.8, 4) is 0 Å². The molecule has 47 heavy (non-hydrogen) atoms. The first-order valence-corrected chi connectivity index (χ1v) is 18.1. The topological polar surface area (TPSA) is 127 Å². The van der Waals surface area contributed by atoms with E-state index in [2.05, 4.69) is 72.8 Å². The number of methoxy groups -OCH3 is 2. The first kappa shape index (κ1) is 35.9. The van der Waals surface area contributed by atoms with Gasteiger partial charge in [0.25, 0.3) is 0 Å². The van der Waals surface area contributed by atoms with Crippen molar-refractivity contribution in [2.75, 3.05) is 20.8 Å². The molecule has 9 nitrogen and oxygen atoms in total. The molecule has 1 spiro atoms. The van der Waals surface area contributed by atoms with Gasteiger partial charge in [-0.2, -0.15) is 0 Å². The third kappa shape index (κ3) is 4.95. The summed E-state index contributed by atoms with van der Waals surface area (Å²) < 4.78 is 31.4. The van der Waals surface area contributed by atoms with Crippen LogP contribution >= 0.6 is 0 Å². The van der Waals surface area contributed by atoms with Crippen LogP contribution in [0.2, 0.25) is 0 Å². The molecular formula is C38H62O9. The second kappa shape index (κ2) is 12.1. The minimum Gasteiger partial charge on any atom is -0.394 e. The fourth-order valence-corrected chi connectivity index (χ4v) is 11.9. The summed E-state index contributed by atoms with van der Waals surface area (Å²) >= 11 is 0. The minimum absolute atomic E-state index is 0.0979. The smallest absolute Gasteiger partial charge is 0.186 e. The van der Waals surface area contributed by atoms with Crippen LogP contribution in [-0.4, -0.2) is 95.6 Å². The molecule has 0 radical (unpaired) electrons. The highest BCUT2D eigenvalue weighted by atomic mass is 16.7. The molecular weight excluding hydrogens is 600 g/mol. The fraction of sp³-hybridized carbons (Fsp3) is 0.895. The lowest BCUT2D eigenvalue weighted by Gasteiger charge is -2.65. The van der Waals surface area contributed by atoms with Crippen LogP contribution in [0.3, 0.4) is 0 Å². The maximum atomic E-state index is 10.8. The highest BCUT2D eigenvalue weighted by Crippen LogP contribution is 2.79. The lowest BCUT2D eigenvalue weighted by Crippen LogP contribution is -2.66. The van der Waals surface area contributed by atoms with E-state index in [1.807, 2.05) is 0 Å². The van der Waals surface area contributed by atoms with E-state index in [0.717, 1.165) is 32.1 Å². The van der Waals surface area contributed by atoms with Crippen LogP contribution < -0.4 is 0 Å². The van der Waals surface area contributed by atoms with E-state index in [4.69, 9.17) is 23.7 Å². The number of fused-ring (bicyclic) bond motifs is 2. The zero-order valence-corrected chi connectivity index (χ0v) is 30.1. The summed E-state index contributed by atoms with van der Waals surface area (Å²) in [5, 5.41) is 41.3. The van der Waals surface area contributed by atoms with Crippen LogP contribution in [0.4, 0.5) is 0 Å². The summed E-state index contributed by atoms with van der Waals surface area (Å²) in [7, 11) is 3.56. The standard InChI is InChI=1S/C38H62O9/c1-22(11-10-16-33(2,3)44-9)23-14-17-36(7)25-15-18-38-26(37(25,32(43-8)47-38)20-19-35(23,36)6)12-13-27(34(38,4)5)46-31-30(42)29(41)28(40)24(21-39)45-31/h10,15-16,18,22-32,39-42H,11-14,17,19-21H2,1-9H3/b16-10+/t22-,23-,24-,25+,26+,27+,28-,29-,30-,31+,32?,35-,36+,37+,38-/m1/s1. The SMILES string of the molecule is COC1O[C@]23C=C[C@@H]4[C@@]1(CC[C@]1(C)[C@@H]([C@H](C)C/C=C/C(C)(C)OC)CC[C@@]41C)[C@@H]2CC[C@H](O[C@@H]1O[C@H](CO)[C@@H](O)[C@@H](O)[C@H]1O)C3(C)C. The predicted octanol–water partition coefficient (Wildman–Crippen LogP) is 4.75. The average Bonchev–Trinajstić information content (AvgIpc) is 3.41. The summed E-state index contributed by atoms with van der Waals surface area (Å²) in [5.41, 5.74) is -1.31. The van der Waals surface area contributed by atoms with Gasteiger partial charge < -0.3 is 44.1 Å². The van der Waals surface area contributed by atoms with Crippen LogP contribution in [0.1, 0.15) is 93.4 Å². The number of hydrogen-bond donors (Lipinski definition) is 4. The number of allylic oxidation sites excluding steroid dienone is 2. The van der Waals surface area contributed by atoms with Crippen molar-refractivity contribution < 1.29 is 44.1 Å². The van der Waals surface area contributed by atoms with E-state index in [1.165, 1.54) is 12.8 Å². The van der Waals surface area contributed by atoms with Crippen LogP contribution in [0.15, 0.2) is 24.3 Å². The second-order valence-corrected chi connectivity index (χ2v) is 17.5. The monoisotopic (exact) mass is 662 g/mol. The highest BCUT2D eigenvalue weighted by molar-refractivity contribution is 5.34. The highest BCUT2D eigenvalue weighted by Gasteiger charge is 2.78. The van der Waals surface area contributed by atoms with Gasteiger partial charge in [0.05, 0.1) is 18.3 Å². The largest absolute Gasteiger partial charge is 0.394 e. The van der Waals surface area contributed by atoms with Crippen molar-refractivity contribution in [1.82, 2.24) is 0 Å². The normalized spacial score (nSPS) is 51.1. The molecule has 2 bridgehead atoms. The Kier molecular flexibility index (Phi) is 9.27. The Bertz CT molecular complexity index is 1220. The molecule has 0 amide bonds. The molecule has 0 aromatic rings. The number of aliphatic hydroxyl groups is 4. The molecule has 6 aliphatic rings. The van der Waals surface area contributed by atoms with Gasteiger partial charge in [-0.15, -0.1) is 0 Å². The van der Waals surface area contributed by atoms with Crippen molar-refractivity contribution >= 4 is 0 Å². The number of ether oxygens (including phenoxy) is 5. The molecule has 0 aromatic heterocycles. The Morgan fingerprint density at radius 3 is 2.34 bits per heavy atom. The third-order valence-electron chi connectivity index (χ3n) is 15.0. The molecule has 268 valence electrons. The van der Waals surface area contributed by atoms with E-state index in [1.54, 1.807) is 14.2 Å². The molecule has 6 rings (SSSR count). The van der Waals surface area contributed by atoms with Gasteiger partial charge in [0.15, 0.2) is 12.6 Å². The Balaban J connectivity index is 1.29. The van der Waals surface area contributed by atoms with Gasteiger partial charge in [0.1, 0.15) is 30.0 Å². The Morgan fingerprint density at radius 2 is 1.68 bits per heavy atom. The molecule has 3 saturated carbocycles. The van der Waals surface area contributed by atoms with Crippen molar-refractivity contribution in [1.29, 1.82) is 0 Å². The van der Waals surface area contributed by atoms with E-state index < -0.39 is 48.3 Å². The van der Waals surface area contributed by atoms with E-state index in [-0.39, 0.29) is 40.2 Å². The summed E-state index contributed by atoms with van der Waals surface area (Å²) in [6.07, 6.45) is 9.34. The molecule has 4 aliphatic carbocycles. The van der Waals surface area contributed by atoms with Gasteiger partial charge in [-0.3, -0.25) is 0 Å². The van der Waals surface area contributed by atoms with Crippen molar-refractivity contribution in [2.45, 2.75) is 148 Å². The summed E-state index contributed by atoms with van der Waals surface area (Å²) in [4.78, 5) is 0. The van der Waals surface area contributed by atoms with Crippen molar-refractivity contribution in [2.24, 2.45) is 45.3 Å². The molecule has 2 heterocycles. The lowest BCUT2D eigenvalue weighted by atomic mass is 9.38. The van der Waals surface area contributed by atoms with Crippen molar-refractivity contribution in [3.05, 3.63) is 24.3 Å². The van der Waals surface area contributed by atoms with Gasteiger partial charge >= 0.3 is 0 Å². The van der Waals surface area contributed by atoms with Crippen LogP contribution in [0.25, 0.3) is 0 Å². The minimum atomic E-state index is -1.48. The Labute approximate surface area is 282 Å². The summed E-state index contributed by atoms with van der Waals surface area (Å²) in [6, 6.07) is 0. The Hall–Kier alpha value is -0.880. The second-order valence-electron chi connectivity index (χ2n) is 17.5. The first-order valence-electron chi connectivity index (χ1n) is 18.1. The van der Waals surface area contributed by atoms with E-state index in [0.29, 0.717) is 17.8 Å². The number of hydrogen-bond acceptors (Lipinski definition) is 9. The van der Waals surface area contributed by atoms with Gasteiger partial charge in [0.2, 0.25) is 0 Å². The molecule has 4 N–H and O–H groups in total. The Morgan fingerprint density at radius 1 is 0.957 bits per heavy atom. The summed E-state index contributed by atoms with van der Waals surface area (Å²) in [6.45, 7) is 15.6. The molecule has 5 fully saturated rings. The first-order chi connectivity index (χ1) is 22.0. The predicted molar refractivity (Wildman–Crippen MR) is 177 cm³/mol. The van der Waals surface area contributed by atoms with Crippen LogP contribution in [0.5, 0.6) is 0 Å². The fourth-order valence-electron chi connectivity index (χ4n) is 11.9. The van der Waals surface area contributed by atoms with E-state index >= 15 is 0 Å². The van der Waals surface area contributed by atoms with Gasteiger partial charge in [-0.05, 0) is 87.4 Å². The zero-order chi connectivity index (χ0) is 34.4. The van der Waals surface area contributed by atoms with Gasteiger partial charge in [0, 0.05) is 31.0 Å². The number of rotatable bonds is 9. The molecule has 0 aromatic carbocycles. The molecule has 1 unspecified atom stereocenters. The molecule has 2 aliphatic heterocycles. The zero-order valence-electron chi connectivity index (χ0n) is 30.1. The maximum absolute atomic E-state index is 10.8. The van der Waals surface area contributed by atoms with Gasteiger partial charge in [-0.25, -0.2) is 0 Å². The molecule has 9 heteroatoms. The molecule has 2 saturated heterocycles. The van der Waals surface area contributed by atoms with E-state index in [9.17, 15) is 20.4 Å². The average molecular weight is 663 g/mol.